The Morgan fingerprint density at radius 2 is 1.94 bits per heavy atom. The smallest absolute Gasteiger partial charge is 0.303 e. The Bertz CT molecular complexity index is 265. The van der Waals surface area contributed by atoms with Gasteiger partial charge in [-0.05, 0) is 24.2 Å². The molecular weight excluding hydrogens is 214 g/mol. The van der Waals surface area contributed by atoms with Gasteiger partial charge < -0.3 is 10.0 Å². The summed E-state index contributed by atoms with van der Waals surface area (Å²) in [6, 6.07) is 0. The molecule has 1 aliphatic carbocycles. The highest BCUT2D eigenvalue weighted by Gasteiger charge is 2.38. The average Bonchev–Trinajstić information content (AvgIpc) is 2.23. The highest BCUT2D eigenvalue weighted by molar-refractivity contribution is 5.67. The molecule has 17 heavy (non-hydrogen) atoms. The number of likely N-dealkylation sites (tertiary alicyclic amines) is 1. The molecule has 0 unspecified atom stereocenters. The van der Waals surface area contributed by atoms with Crippen LogP contribution in [0.2, 0.25) is 0 Å². The molecule has 2 fully saturated rings. The van der Waals surface area contributed by atoms with Crippen molar-refractivity contribution in [1.82, 2.24) is 4.90 Å². The van der Waals surface area contributed by atoms with Crippen LogP contribution in [0.5, 0.6) is 0 Å². The summed E-state index contributed by atoms with van der Waals surface area (Å²) >= 11 is 0. The van der Waals surface area contributed by atoms with Crippen molar-refractivity contribution in [3.8, 4) is 0 Å². The lowest BCUT2D eigenvalue weighted by molar-refractivity contribution is -0.141. The first-order chi connectivity index (χ1) is 8.13. The van der Waals surface area contributed by atoms with E-state index in [0.717, 1.165) is 25.3 Å². The van der Waals surface area contributed by atoms with Crippen LogP contribution in [0, 0.1) is 11.3 Å². The summed E-state index contributed by atoms with van der Waals surface area (Å²) in [6.07, 6.45) is 7.61. The number of carboxylic acids is 1. The molecule has 0 amide bonds. The lowest BCUT2D eigenvalue weighted by Crippen LogP contribution is -2.52. The Morgan fingerprint density at radius 1 is 1.29 bits per heavy atom. The topological polar surface area (TPSA) is 40.5 Å². The van der Waals surface area contributed by atoms with E-state index in [2.05, 4.69) is 11.8 Å². The first-order valence-corrected chi connectivity index (χ1v) is 7.08. The highest BCUT2D eigenvalue weighted by Crippen LogP contribution is 2.41. The van der Waals surface area contributed by atoms with Gasteiger partial charge in [0.15, 0.2) is 0 Å². The van der Waals surface area contributed by atoms with Gasteiger partial charge in [-0.25, -0.2) is 0 Å². The zero-order valence-electron chi connectivity index (χ0n) is 11.0. The van der Waals surface area contributed by atoms with Gasteiger partial charge in [-0.15, -0.1) is 0 Å². The predicted octanol–water partition coefficient (Wildman–Crippen LogP) is 2.75. The summed E-state index contributed by atoms with van der Waals surface area (Å²) in [7, 11) is 0. The Labute approximate surface area is 104 Å². The van der Waals surface area contributed by atoms with E-state index in [0.29, 0.717) is 6.42 Å². The summed E-state index contributed by atoms with van der Waals surface area (Å²) in [4.78, 5) is 13.5. The molecule has 2 rings (SSSR count). The average molecular weight is 239 g/mol. The summed E-state index contributed by atoms with van der Waals surface area (Å²) in [5.41, 5.74) is 0.0861. The standard InChI is InChI=1S/C14H25NO2/c1-2-12-9-15(10-12)11-14(8-13(16)17)6-4-3-5-7-14/h12H,2-11H2,1H3,(H,16,17). The van der Waals surface area contributed by atoms with Gasteiger partial charge in [0.2, 0.25) is 0 Å². The minimum atomic E-state index is -0.612. The lowest BCUT2D eigenvalue weighted by Gasteiger charge is -2.46. The van der Waals surface area contributed by atoms with Crippen LogP contribution in [0.4, 0.5) is 0 Å². The molecule has 0 spiro atoms. The molecule has 98 valence electrons. The van der Waals surface area contributed by atoms with Crippen molar-refractivity contribution in [3.63, 3.8) is 0 Å². The molecule has 1 saturated carbocycles. The van der Waals surface area contributed by atoms with Crippen molar-refractivity contribution in [2.24, 2.45) is 11.3 Å². The monoisotopic (exact) mass is 239 g/mol. The van der Waals surface area contributed by atoms with Gasteiger partial charge >= 0.3 is 5.97 Å². The summed E-state index contributed by atoms with van der Waals surface area (Å²) in [6.45, 7) is 5.65. The van der Waals surface area contributed by atoms with E-state index in [9.17, 15) is 4.79 Å². The van der Waals surface area contributed by atoms with Gasteiger partial charge in [-0.3, -0.25) is 4.79 Å². The lowest BCUT2D eigenvalue weighted by atomic mass is 9.70. The van der Waals surface area contributed by atoms with E-state index >= 15 is 0 Å². The van der Waals surface area contributed by atoms with Crippen molar-refractivity contribution < 1.29 is 9.90 Å². The molecule has 1 saturated heterocycles. The predicted molar refractivity (Wildman–Crippen MR) is 68.0 cm³/mol. The number of hydrogen-bond acceptors (Lipinski definition) is 2. The van der Waals surface area contributed by atoms with Crippen molar-refractivity contribution in [2.45, 2.75) is 51.9 Å². The SMILES string of the molecule is CCC1CN(CC2(CC(=O)O)CCCCC2)C1. The molecular formula is C14H25NO2. The maximum atomic E-state index is 11.1. The van der Waals surface area contributed by atoms with Gasteiger partial charge in [0.1, 0.15) is 0 Å². The number of hydrogen-bond donors (Lipinski definition) is 1. The molecule has 3 nitrogen and oxygen atoms in total. The van der Waals surface area contributed by atoms with Crippen LogP contribution in [0.25, 0.3) is 0 Å². The van der Waals surface area contributed by atoms with Gasteiger partial charge in [0.25, 0.3) is 0 Å². The summed E-state index contributed by atoms with van der Waals surface area (Å²) < 4.78 is 0. The molecule has 0 aromatic carbocycles. The van der Waals surface area contributed by atoms with Gasteiger partial charge in [-0.2, -0.15) is 0 Å². The zero-order chi connectivity index (χ0) is 12.3. The normalized spacial score (nSPS) is 25.5. The molecule has 0 aromatic heterocycles. The Balaban J connectivity index is 1.89. The third-order valence-electron chi connectivity index (χ3n) is 4.61. The quantitative estimate of drug-likeness (QED) is 0.802. The number of carboxylic acid groups (broad SMARTS) is 1. The first kappa shape index (κ1) is 12.9. The number of rotatable bonds is 5. The summed E-state index contributed by atoms with van der Waals surface area (Å²) in [5, 5.41) is 9.11. The molecule has 3 heteroatoms. The molecule has 1 aliphatic heterocycles. The molecule has 1 heterocycles. The van der Waals surface area contributed by atoms with Crippen LogP contribution in [0.1, 0.15) is 51.9 Å². The highest BCUT2D eigenvalue weighted by atomic mass is 16.4. The fourth-order valence-corrected chi connectivity index (χ4v) is 3.55. The van der Waals surface area contributed by atoms with Crippen LogP contribution >= 0.6 is 0 Å². The van der Waals surface area contributed by atoms with Crippen molar-refractivity contribution in [2.75, 3.05) is 19.6 Å². The summed E-state index contributed by atoms with van der Waals surface area (Å²) in [5.74, 6) is 0.250. The van der Waals surface area contributed by atoms with Crippen LogP contribution in [0.3, 0.4) is 0 Å². The third kappa shape index (κ3) is 3.21. The Hall–Kier alpha value is -0.570. The zero-order valence-corrected chi connectivity index (χ0v) is 11.0. The van der Waals surface area contributed by atoms with E-state index < -0.39 is 5.97 Å². The fraction of sp³-hybridized carbons (Fsp3) is 0.929. The van der Waals surface area contributed by atoms with Crippen molar-refractivity contribution >= 4 is 5.97 Å². The van der Waals surface area contributed by atoms with E-state index in [1.54, 1.807) is 0 Å². The van der Waals surface area contributed by atoms with Crippen molar-refractivity contribution in [3.05, 3.63) is 0 Å². The molecule has 0 aromatic rings. The Kier molecular flexibility index (Phi) is 4.08. The maximum absolute atomic E-state index is 11.1. The van der Waals surface area contributed by atoms with E-state index in [1.807, 2.05) is 0 Å². The molecule has 1 N–H and O–H groups in total. The molecule has 0 atom stereocenters. The maximum Gasteiger partial charge on any atom is 0.303 e. The van der Waals surface area contributed by atoms with E-state index in [4.69, 9.17) is 5.11 Å². The van der Waals surface area contributed by atoms with E-state index in [-0.39, 0.29) is 5.41 Å². The van der Waals surface area contributed by atoms with Crippen LogP contribution in [0.15, 0.2) is 0 Å². The first-order valence-electron chi connectivity index (χ1n) is 7.08. The van der Waals surface area contributed by atoms with Crippen LogP contribution in [-0.4, -0.2) is 35.6 Å². The fourth-order valence-electron chi connectivity index (χ4n) is 3.55. The minimum absolute atomic E-state index is 0.0861. The second kappa shape index (κ2) is 5.38. The van der Waals surface area contributed by atoms with Gasteiger partial charge in [0.05, 0.1) is 6.42 Å². The molecule has 2 aliphatic rings. The van der Waals surface area contributed by atoms with Crippen LogP contribution in [-0.2, 0) is 4.79 Å². The number of carbonyl (C=O) groups is 1. The van der Waals surface area contributed by atoms with Gasteiger partial charge in [-0.1, -0.05) is 32.6 Å². The number of aliphatic carboxylic acids is 1. The number of nitrogens with zero attached hydrogens (tertiary/aromatic N) is 1. The van der Waals surface area contributed by atoms with E-state index in [1.165, 1.54) is 38.8 Å². The molecule has 0 radical (unpaired) electrons. The third-order valence-corrected chi connectivity index (χ3v) is 4.61. The van der Waals surface area contributed by atoms with Crippen molar-refractivity contribution in [1.29, 1.82) is 0 Å². The second-order valence-electron chi connectivity index (χ2n) is 6.10. The molecule has 0 bridgehead atoms. The second-order valence-corrected chi connectivity index (χ2v) is 6.10. The van der Waals surface area contributed by atoms with Crippen LogP contribution < -0.4 is 0 Å². The van der Waals surface area contributed by atoms with Gasteiger partial charge in [0, 0.05) is 19.6 Å². The largest absolute Gasteiger partial charge is 0.481 e. The Morgan fingerprint density at radius 3 is 2.47 bits per heavy atom. The minimum Gasteiger partial charge on any atom is -0.481 e.